The van der Waals surface area contributed by atoms with Gasteiger partial charge in [-0.05, 0) is 20.8 Å². The van der Waals surface area contributed by atoms with Crippen molar-refractivity contribution < 1.29 is 19.4 Å². The van der Waals surface area contributed by atoms with E-state index < -0.39 is 5.60 Å². The van der Waals surface area contributed by atoms with Crippen molar-refractivity contribution in [1.29, 1.82) is 0 Å². The third-order valence-corrected chi connectivity index (χ3v) is 3.36. The lowest BCUT2D eigenvalue weighted by molar-refractivity contribution is -0.259. The molecule has 0 aromatic heterocycles. The minimum absolute atomic E-state index is 0.00525. The number of esters is 1. The zero-order valence-corrected chi connectivity index (χ0v) is 9.90. The summed E-state index contributed by atoms with van der Waals surface area (Å²) in [5, 5.41) is 10.4. The molecule has 2 aliphatic rings. The SMILES string of the molecule is CCOC(=O)C[C@@]1(O)C=C[C@@H]2OC(C)(C)[C@@H]21. The van der Waals surface area contributed by atoms with Crippen molar-refractivity contribution in [2.75, 3.05) is 6.61 Å². The third kappa shape index (κ3) is 1.66. The molecule has 0 unspecified atom stereocenters. The van der Waals surface area contributed by atoms with Crippen molar-refractivity contribution in [3.63, 3.8) is 0 Å². The van der Waals surface area contributed by atoms with Crippen molar-refractivity contribution in [1.82, 2.24) is 0 Å². The van der Waals surface area contributed by atoms with Crippen LogP contribution in [-0.4, -0.2) is 35.0 Å². The molecule has 3 atom stereocenters. The van der Waals surface area contributed by atoms with E-state index in [4.69, 9.17) is 9.47 Å². The quantitative estimate of drug-likeness (QED) is 0.577. The van der Waals surface area contributed by atoms with Gasteiger partial charge in [-0.25, -0.2) is 0 Å². The van der Waals surface area contributed by atoms with E-state index in [1.54, 1.807) is 13.0 Å². The summed E-state index contributed by atoms with van der Waals surface area (Å²) in [7, 11) is 0. The molecule has 0 spiro atoms. The Hall–Kier alpha value is -0.870. The number of hydrogen-bond donors (Lipinski definition) is 1. The van der Waals surface area contributed by atoms with Crippen LogP contribution in [0.3, 0.4) is 0 Å². The van der Waals surface area contributed by atoms with Crippen LogP contribution in [-0.2, 0) is 14.3 Å². The molecule has 0 aromatic carbocycles. The first-order chi connectivity index (χ1) is 7.39. The minimum atomic E-state index is -1.11. The molecule has 1 aliphatic carbocycles. The molecule has 16 heavy (non-hydrogen) atoms. The molecule has 1 saturated heterocycles. The zero-order valence-electron chi connectivity index (χ0n) is 9.90. The Kier molecular flexibility index (Phi) is 2.59. The van der Waals surface area contributed by atoms with Gasteiger partial charge in [0.15, 0.2) is 0 Å². The molecule has 1 aliphatic heterocycles. The summed E-state index contributed by atoms with van der Waals surface area (Å²) in [6, 6.07) is 0. The summed E-state index contributed by atoms with van der Waals surface area (Å²) in [5.41, 5.74) is -1.49. The molecule has 4 heteroatoms. The first-order valence-electron chi connectivity index (χ1n) is 5.64. The summed E-state index contributed by atoms with van der Waals surface area (Å²) >= 11 is 0. The topological polar surface area (TPSA) is 55.8 Å². The summed E-state index contributed by atoms with van der Waals surface area (Å²) in [4.78, 5) is 11.4. The van der Waals surface area contributed by atoms with E-state index in [1.165, 1.54) is 0 Å². The molecule has 0 saturated carbocycles. The van der Waals surface area contributed by atoms with Crippen LogP contribution in [0, 0.1) is 5.92 Å². The highest BCUT2D eigenvalue weighted by molar-refractivity contribution is 5.71. The maximum atomic E-state index is 11.4. The van der Waals surface area contributed by atoms with E-state index in [0.717, 1.165) is 0 Å². The summed E-state index contributed by atoms with van der Waals surface area (Å²) in [6.07, 6.45) is 3.45. The van der Waals surface area contributed by atoms with Gasteiger partial charge in [-0.1, -0.05) is 12.2 Å². The van der Waals surface area contributed by atoms with Crippen LogP contribution in [0.5, 0.6) is 0 Å². The Morgan fingerprint density at radius 3 is 2.81 bits per heavy atom. The standard InChI is InChI=1S/C12H18O4/c1-4-15-9(13)7-12(14)6-5-8-10(12)11(2,3)16-8/h5-6,8,10,14H,4,7H2,1-3H3/t8-,10+,12-/m0/s1. The molecule has 0 radical (unpaired) electrons. The summed E-state index contributed by atoms with van der Waals surface area (Å²) in [6.45, 7) is 5.95. The largest absolute Gasteiger partial charge is 0.466 e. The number of hydrogen-bond acceptors (Lipinski definition) is 4. The van der Waals surface area contributed by atoms with Crippen molar-refractivity contribution >= 4 is 5.97 Å². The number of fused-ring (bicyclic) bond motifs is 1. The summed E-state index contributed by atoms with van der Waals surface area (Å²) < 4.78 is 10.5. The third-order valence-electron chi connectivity index (χ3n) is 3.36. The number of rotatable bonds is 3. The number of carbonyl (C=O) groups excluding carboxylic acids is 1. The fourth-order valence-corrected chi connectivity index (χ4v) is 2.83. The molecular formula is C12H18O4. The normalized spacial score (nSPS) is 39.0. The Balaban J connectivity index is 2.08. The number of aliphatic hydroxyl groups is 1. The van der Waals surface area contributed by atoms with Crippen LogP contribution >= 0.6 is 0 Å². The Labute approximate surface area is 95.2 Å². The second-order valence-corrected chi connectivity index (χ2v) is 5.00. The monoisotopic (exact) mass is 226 g/mol. The molecule has 0 amide bonds. The lowest BCUT2D eigenvalue weighted by Gasteiger charge is -2.52. The first-order valence-corrected chi connectivity index (χ1v) is 5.64. The first kappa shape index (κ1) is 11.6. The molecule has 1 fully saturated rings. The van der Waals surface area contributed by atoms with Crippen molar-refractivity contribution in [2.45, 2.75) is 44.5 Å². The van der Waals surface area contributed by atoms with Gasteiger partial charge in [0.2, 0.25) is 0 Å². The molecule has 0 aromatic rings. The second kappa shape index (κ2) is 3.57. The minimum Gasteiger partial charge on any atom is -0.466 e. The lowest BCUT2D eigenvalue weighted by Crippen LogP contribution is -2.62. The van der Waals surface area contributed by atoms with E-state index in [9.17, 15) is 9.90 Å². The van der Waals surface area contributed by atoms with Gasteiger partial charge < -0.3 is 14.6 Å². The highest BCUT2D eigenvalue weighted by Crippen LogP contribution is 2.51. The highest BCUT2D eigenvalue weighted by atomic mass is 16.5. The predicted octanol–water partition coefficient (Wildman–Crippen LogP) is 1.03. The van der Waals surface area contributed by atoms with E-state index in [0.29, 0.717) is 6.61 Å². The smallest absolute Gasteiger partial charge is 0.309 e. The molecule has 1 heterocycles. The lowest BCUT2D eigenvalue weighted by atomic mass is 9.71. The van der Waals surface area contributed by atoms with E-state index in [1.807, 2.05) is 19.9 Å². The molecule has 1 N–H and O–H groups in total. The van der Waals surface area contributed by atoms with E-state index in [2.05, 4.69) is 0 Å². The maximum absolute atomic E-state index is 11.4. The van der Waals surface area contributed by atoms with Gasteiger partial charge in [0, 0.05) is 0 Å². The number of ether oxygens (including phenoxy) is 2. The van der Waals surface area contributed by atoms with Crippen molar-refractivity contribution in [3.8, 4) is 0 Å². The Morgan fingerprint density at radius 1 is 1.56 bits per heavy atom. The molecule has 4 nitrogen and oxygen atoms in total. The van der Waals surface area contributed by atoms with Crippen molar-refractivity contribution in [3.05, 3.63) is 12.2 Å². The van der Waals surface area contributed by atoms with Gasteiger partial charge in [0.1, 0.15) is 5.60 Å². The Morgan fingerprint density at radius 2 is 2.25 bits per heavy atom. The van der Waals surface area contributed by atoms with Gasteiger partial charge >= 0.3 is 5.97 Å². The van der Waals surface area contributed by atoms with Gasteiger partial charge in [-0.2, -0.15) is 0 Å². The van der Waals surface area contributed by atoms with Crippen LogP contribution in [0.2, 0.25) is 0 Å². The maximum Gasteiger partial charge on any atom is 0.309 e. The number of carbonyl (C=O) groups is 1. The average Bonchev–Trinajstić information content (AvgIpc) is 2.38. The van der Waals surface area contributed by atoms with E-state index in [-0.39, 0.29) is 30.0 Å². The van der Waals surface area contributed by atoms with Gasteiger partial charge in [0.25, 0.3) is 0 Å². The molecule has 90 valence electrons. The predicted molar refractivity (Wildman–Crippen MR) is 57.8 cm³/mol. The van der Waals surface area contributed by atoms with Crippen LogP contribution in [0.25, 0.3) is 0 Å². The van der Waals surface area contributed by atoms with Crippen LogP contribution in [0.15, 0.2) is 12.2 Å². The van der Waals surface area contributed by atoms with Crippen LogP contribution in [0.1, 0.15) is 27.2 Å². The molecule has 0 bridgehead atoms. The van der Waals surface area contributed by atoms with Gasteiger partial charge in [0.05, 0.1) is 30.7 Å². The Bertz CT molecular complexity index is 334. The average molecular weight is 226 g/mol. The van der Waals surface area contributed by atoms with E-state index >= 15 is 0 Å². The van der Waals surface area contributed by atoms with Crippen LogP contribution in [0.4, 0.5) is 0 Å². The fraction of sp³-hybridized carbons (Fsp3) is 0.750. The van der Waals surface area contributed by atoms with Crippen molar-refractivity contribution in [2.24, 2.45) is 5.92 Å². The second-order valence-electron chi connectivity index (χ2n) is 5.00. The molecule has 2 rings (SSSR count). The highest BCUT2D eigenvalue weighted by Gasteiger charge is 2.61. The van der Waals surface area contributed by atoms with Gasteiger partial charge in [-0.3, -0.25) is 4.79 Å². The van der Waals surface area contributed by atoms with Crippen LogP contribution < -0.4 is 0 Å². The van der Waals surface area contributed by atoms with Gasteiger partial charge in [-0.15, -0.1) is 0 Å². The molecular weight excluding hydrogens is 208 g/mol. The summed E-state index contributed by atoms with van der Waals surface area (Å²) in [5.74, 6) is -0.414. The zero-order chi connectivity index (χ0) is 12.0. The fourth-order valence-electron chi connectivity index (χ4n) is 2.83.